The number of aliphatic hydroxyl groups excluding tert-OH is 9. The van der Waals surface area contributed by atoms with Crippen LogP contribution in [0.1, 0.15) is 106 Å². The van der Waals surface area contributed by atoms with Gasteiger partial charge >= 0.3 is 0 Å². The fourth-order valence-corrected chi connectivity index (χ4v) is 13.1. The van der Waals surface area contributed by atoms with E-state index < -0.39 is 91.2 Å². The molecule has 6 rings (SSSR count). The summed E-state index contributed by atoms with van der Waals surface area (Å²) in [6.07, 6.45) is -5.88. The van der Waals surface area contributed by atoms with Crippen molar-refractivity contribution in [3.8, 4) is 0 Å². The van der Waals surface area contributed by atoms with Crippen molar-refractivity contribution in [3.05, 3.63) is 11.6 Å². The van der Waals surface area contributed by atoms with Crippen molar-refractivity contribution in [1.29, 1.82) is 0 Å². The van der Waals surface area contributed by atoms with E-state index in [2.05, 4.69) is 27.7 Å². The van der Waals surface area contributed by atoms with Gasteiger partial charge in [0.15, 0.2) is 18.4 Å². The Labute approximate surface area is 325 Å². The highest BCUT2D eigenvalue weighted by molar-refractivity contribution is 5.19. The summed E-state index contributed by atoms with van der Waals surface area (Å²) in [6.45, 7) is 11.8. The zero-order valence-electron chi connectivity index (χ0n) is 33.5. The van der Waals surface area contributed by atoms with Gasteiger partial charge in [0.25, 0.3) is 0 Å². The van der Waals surface area contributed by atoms with Crippen molar-refractivity contribution in [1.82, 2.24) is 0 Å². The molecule has 14 heteroatoms. The second-order valence-corrected chi connectivity index (χ2v) is 19.4. The van der Waals surface area contributed by atoms with E-state index >= 15 is 0 Å². The molecule has 0 aromatic heterocycles. The van der Waals surface area contributed by atoms with Crippen molar-refractivity contribution in [2.24, 2.45) is 45.3 Å². The molecule has 0 spiro atoms. The first kappa shape index (κ1) is 43.8. The van der Waals surface area contributed by atoms with Crippen LogP contribution in [0.25, 0.3) is 0 Å². The molecule has 2 saturated heterocycles. The van der Waals surface area contributed by atoms with Gasteiger partial charge in [-0.1, -0.05) is 39.3 Å². The second kappa shape index (κ2) is 16.0. The van der Waals surface area contributed by atoms with Gasteiger partial charge in [-0.15, -0.1) is 0 Å². The van der Waals surface area contributed by atoms with E-state index in [-0.39, 0.29) is 53.6 Å². The van der Waals surface area contributed by atoms with Crippen LogP contribution < -0.4 is 0 Å². The average molecular weight is 787 g/mol. The van der Waals surface area contributed by atoms with Crippen molar-refractivity contribution in [2.45, 2.75) is 179 Å². The molecule has 318 valence electrons. The maximum absolute atomic E-state index is 12.7. The SMILES string of the molecule is CC(C)=CCCC(O)(O[C@@H]1O[C@H](CO)[C@@H](O)[C@H](O)[C@H]1O)C1CCC2(C)C1CCC1C3(CO)CCC(O[C@@H]4O[C@H](CO)[C@@H](O)[C@H](O)[C@H]4O)C(C)(C)C3CCC12C. The highest BCUT2D eigenvalue weighted by atomic mass is 16.8. The quantitative estimate of drug-likeness (QED) is 0.0802. The lowest BCUT2D eigenvalue weighted by atomic mass is 9.35. The summed E-state index contributed by atoms with van der Waals surface area (Å²) in [5.74, 6) is -1.85. The smallest absolute Gasteiger partial charge is 0.189 e. The van der Waals surface area contributed by atoms with Crippen LogP contribution in [-0.4, -0.2) is 144 Å². The summed E-state index contributed by atoms with van der Waals surface area (Å²) in [5.41, 5.74) is -0.271. The number of hydrogen-bond donors (Lipinski definition) is 10. The first-order valence-corrected chi connectivity index (χ1v) is 20.7. The van der Waals surface area contributed by atoms with Crippen LogP contribution in [0.4, 0.5) is 0 Å². The standard InChI is InChI=1S/C41H70O14/c1-21(2)8-7-14-41(51,55-36-34(50)32(48)30(46)25(19-43)53-36)23-11-15-38(5)22(23)9-10-27-39(38,6)16-12-26-37(3,4)28(13-17-40(26,27)20-44)54-35-33(49)31(47)29(45)24(18-42)52-35/h8,22-36,42-51H,7,9-20H2,1-6H3/t22?,23?,24-,25-,26?,27?,28?,29-,30-,31+,32+,33-,34-,35+,36+,38?,39?,40?,41?/m1/s1. The third kappa shape index (κ3) is 7.09. The van der Waals surface area contributed by atoms with Gasteiger partial charge in [0.05, 0.1) is 19.3 Å². The minimum atomic E-state index is -1.75. The molecule has 9 unspecified atom stereocenters. The molecule has 0 bridgehead atoms. The molecule has 2 heterocycles. The highest BCUT2D eigenvalue weighted by Gasteiger charge is 2.71. The maximum Gasteiger partial charge on any atom is 0.189 e. The minimum Gasteiger partial charge on any atom is -0.396 e. The summed E-state index contributed by atoms with van der Waals surface area (Å²) in [4.78, 5) is 0. The van der Waals surface area contributed by atoms with E-state index in [1.165, 1.54) is 0 Å². The van der Waals surface area contributed by atoms with Gasteiger partial charge in [0.2, 0.25) is 0 Å². The van der Waals surface area contributed by atoms with Crippen LogP contribution in [0, 0.1) is 45.3 Å². The molecular formula is C41H70O14. The van der Waals surface area contributed by atoms with Gasteiger partial charge in [0.1, 0.15) is 48.8 Å². The van der Waals surface area contributed by atoms with E-state index in [1.807, 2.05) is 19.9 Å². The predicted octanol–water partition coefficient (Wildman–Crippen LogP) is 1.08. The van der Waals surface area contributed by atoms with E-state index in [4.69, 9.17) is 18.9 Å². The minimum absolute atomic E-state index is 0.00512. The molecule has 6 aliphatic rings. The van der Waals surface area contributed by atoms with Crippen molar-refractivity contribution >= 4 is 0 Å². The Morgan fingerprint density at radius 1 is 0.691 bits per heavy atom. The van der Waals surface area contributed by atoms with Gasteiger partial charge in [-0.25, -0.2) is 0 Å². The first-order valence-electron chi connectivity index (χ1n) is 20.7. The van der Waals surface area contributed by atoms with Gasteiger partial charge in [-0.2, -0.15) is 0 Å². The Hall–Kier alpha value is -0.820. The van der Waals surface area contributed by atoms with Crippen LogP contribution in [0.2, 0.25) is 0 Å². The molecule has 19 atom stereocenters. The Morgan fingerprint density at radius 3 is 1.85 bits per heavy atom. The molecule has 55 heavy (non-hydrogen) atoms. The monoisotopic (exact) mass is 786 g/mol. The van der Waals surface area contributed by atoms with E-state index in [1.54, 1.807) is 0 Å². The van der Waals surface area contributed by atoms with Crippen molar-refractivity contribution in [3.63, 3.8) is 0 Å². The lowest BCUT2D eigenvalue weighted by molar-refractivity contribution is -0.379. The van der Waals surface area contributed by atoms with Crippen LogP contribution in [0.5, 0.6) is 0 Å². The number of aliphatic hydroxyl groups is 10. The zero-order valence-corrected chi connectivity index (χ0v) is 33.5. The summed E-state index contributed by atoms with van der Waals surface area (Å²) in [5, 5.41) is 107. The lowest BCUT2D eigenvalue weighted by Gasteiger charge is -2.70. The van der Waals surface area contributed by atoms with Crippen molar-refractivity contribution < 1.29 is 70.0 Å². The number of ether oxygens (including phenoxy) is 4. The summed E-state index contributed by atoms with van der Waals surface area (Å²) in [6, 6.07) is 0. The van der Waals surface area contributed by atoms with Crippen LogP contribution in [0.3, 0.4) is 0 Å². The summed E-state index contributed by atoms with van der Waals surface area (Å²) in [7, 11) is 0. The Balaban J connectivity index is 1.25. The molecule has 0 aromatic carbocycles. The Bertz CT molecular complexity index is 1360. The number of hydrogen-bond acceptors (Lipinski definition) is 14. The number of rotatable bonds is 11. The van der Waals surface area contributed by atoms with Gasteiger partial charge in [-0.3, -0.25) is 0 Å². The van der Waals surface area contributed by atoms with Gasteiger partial charge in [-0.05, 0) is 106 Å². The number of fused-ring (bicyclic) bond motifs is 5. The molecule has 10 N–H and O–H groups in total. The Morgan fingerprint density at radius 2 is 1.27 bits per heavy atom. The maximum atomic E-state index is 12.7. The molecule has 6 fully saturated rings. The van der Waals surface area contributed by atoms with Crippen LogP contribution in [-0.2, 0) is 18.9 Å². The normalized spacial score (nSPS) is 50.7. The first-order chi connectivity index (χ1) is 25.8. The summed E-state index contributed by atoms with van der Waals surface area (Å²) >= 11 is 0. The van der Waals surface area contributed by atoms with Crippen molar-refractivity contribution in [2.75, 3.05) is 19.8 Å². The van der Waals surface area contributed by atoms with Gasteiger partial charge < -0.3 is 70.0 Å². The third-order valence-electron chi connectivity index (χ3n) is 16.3. The number of allylic oxidation sites excluding steroid dienone is 2. The molecule has 2 aliphatic heterocycles. The topological polar surface area (TPSA) is 239 Å². The zero-order chi connectivity index (χ0) is 40.5. The van der Waals surface area contributed by atoms with E-state index in [9.17, 15) is 51.1 Å². The fourth-order valence-electron chi connectivity index (χ4n) is 13.1. The van der Waals surface area contributed by atoms with Crippen LogP contribution >= 0.6 is 0 Å². The third-order valence-corrected chi connectivity index (χ3v) is 16.3. The van der Waals surface area contributed by atoms with E-state index in [0.29, 0.717) is 25.7 Å². The molecule has 14 nitrogen and oxygen atoms in total. The van der Waals surface area contributed by atoms with Crippen LogP contribution in [0.15, 0.2) is 11.6 Å². The summed E-state index contributed by atoms with van der Waals surface area (Å²) < 4.78 is 24.3. The second-order valence-electron chi connectivity index (χ2n) is 19.4. The van der Waals surface area contributed by atoms with Gasteiger partial charge in [0, 0.05) is 24.4 Å². The predicted molar refractivity (Wildman–Crippen MR) is 198 cm³/mol. The fraction of sp³-hybridized carbons (Fsp3) is 0.951. The molecule has 0 radical (unpaired) electrons. The largest absolute Gasteiger partial charge is 0.396 e. The molecule has 4 saturated carbocycles. The molecule has 0 aromatic rings. The molecule has 4 aliphatic carbocycles. The molecular weight excluding hydrogens is 716 g/mol. The highest BCUT2D eigenvalue weighted by Crippen LogP contribution is 2.76. The lowest BCUT2D eigenvalue weighted by Crippen LogP contribution is -2.67. The average Bonchev–Trinajstić information content (AvgIpc) is 3.51. The Kier molecular flexibility index (Phi) is 12.7. The van der Waals surface area contributed by atoms with E-state index in [0.717, 1.165) is 37.7 Å². The molecule has 0 amide bonds.